The summed E-state index contributed by atoms with van der Waals surface area (Å²) in [4.78, 5) is 39.9. The Kier molecular flexibility index (Phi) is 6.72. The number of hydrogen-bond acceptors (Lipinski definition) is 5. The summed E-state index contributed by atoms with van der Waals surface area (Å²) in [6.45, 7) is 2.30. The second kappa shape index (κ2) is 9.43. The third-order valence-corrected chi connectivity index (χ3v) is 5.09. The standard InChI is InChI=1S/C19H21FN4O3S/c20-15-1-3-16(4-2-15)22-17(25)12-23-6-8-24(9-7-23)18(26)11-21-19(27)14-5-10-28-13-14/h1-5,10,13H,6-9,11-12H2,(H,21,27)(H,22,25). The van der Waals surface area contributed by atoms with Crippen LogP contribution < -0.4 is 10.6 Å². The van der Waals surface area contributed by atoms with Crippen LogP contribution in [0.15, 0.2) is 41.1 Å². The Balaban J connectivity index is 1.37. The van der Waals surface area contributed by atoms with Crippen LogP contribution in [0.5, 0.6) is 0 Å². The van der Waals surface area contributed by atoms with E-state index >= 15 is 0 Å². The van der Waals surface area contributed by atoms with Crippen molar-refractivity contribution in [2.24, 2.45) is 0 Å². The fourth-order valence-electron chi connectivity index (χ4n) is 2.86. The number of anilines is 1. The first-order chi connectivity index (χ1) is 13.5. The largest absolute Gasteiger partial charge is 0.343 e. The van der Waals surface area contributed by atoms with Crippen molar-refractivity contribution in [3.05, 3.63) is 52.5 Å². The van der Waals surface area contributed by atoms with Crippen molar-refractivity contribution in [3.8, 4) is 0 Å². The molecule has 1 saturated heterocycles. The van der Waals surface area contributed by atoms with Gasteiger partial charge in [0.15, 0.2) is 0 Å². The first-order valence-corrected chi connectivity index (χ1v) is 9.81. The summed E-state index contributed by atoms with van der Waals surface area (Å²) < 4.78 is 12.9. The van der Waals surface area contributed by atoms with E-state index < -0.39 is 0 Å². The Morgan fingerprint density at radius 3 is 2.39 bits per heavy atom. The lowest BCUT2D eigenvalue weighted by Crippen LogP contribution is -2.52. The molecule has 0 radical (unpaired) electrons. The minimum Gasteiger partial charge on any atom is -0.343 e. The van der Waals surface area contributed by atoms with Crippen LogP contribution in [-0.4, -0.2) is 66.8 Å². The number of benzene rings is 1. The van der Waals surface area contributed by atoms with Gasteiger partial charge in [0.25, 0.3) is 5.91 Å². The van der Waals surface area contributed by atoms with Crippen LogP contribution >= 0.6 is 11.3 Å². The lowest BCUT2D eigenvalue weighted by Gasteiger charge is -2.34. The van der Waals surface area contributed by atoms with Gasteiger partial charge in [-0.15, -0.1) is 0 Å². The summed E-state index contributed by atoms with van der Waals surface area (Å²) in [6.07, 6.45) is 0. The molecule has 1 aliphatic heterocycles. The molecule has 7 nitrogen and oxygen atoms in total. The molecule has 148 valence electrons. The highest BCUT2D eigenvalue weighted by Crippen LogP contribution is 2.09. The van der Waals surface area contributed by atoms with E-state index in [1.54, 1.807) is 16.3 Å². The third kappa shape index (κ3) is 5.61. The van der Waals surface area contributed by atoms with E-state index in [4.69, 9.17) is 0 Å². The molecule has 0 spiro atoms. The van der Waals surface area contributed by atoms with Gasteiger partial charge >= 0.3 is 0 Å². The Hall–Kier alpha value is -2.78. The molecule has 2 aromatic rings. The van der Waals surface area contributed by atoms with Gasteiger partial charge in [-0.05, 0) is 35.7 Å². The van der Waals surface area contributed by atoms with E-state index in [0.29, 0.717) is 37.4 Å². The Morgan fingerprint density at radius 2 is 1.75 bits per heavy atom. The van der Waals surface area contributed by atoms with Gasteiger partial charge in [-0.1, -0.05) is 0 Å². The van der Waals surface area contributed by atoms with Gasteiger partial charge in [0.05, 0.1) is 13.1 Å². The van der Waals surface area contributed by atoms with Crippen LogP contribution in [0, 0.1) is 5.82 Å². The van der Waals surface area contributed by atoms with Gasteiger partial charge in [-0.2, -0.15) is 11.3 Å². The minimum absolute atomic E-state index is 0.0419. The summed E-state index contributed by atoms with van der Waals surface area (Å²) in [7, 11) is 0. The molecular weight excluding hydrogens is 383 g/mol. The molecule has 0 aliphatic carbocycles. The van der Waals surface area contributed by atoms with Gasteiger partial charge in [-0.25, -0.2) is 4.39 Å². The van der Waals surface area contributed by atoms with E-state index in [2.05, 4.69) is 10.6 Å². The fraction of sp³-hybridized carbons (Fsp3) is 0.316. The number of amides is 3. The van der Waals surface area contributed by atoms with E-state index in [1.165, 1.54) is 35.6 Å². The lowest BCUT2D eigenvalue weighted by atomic mass is 10.2. The van der Waals surface area contributed by atoms with Crippen LogP contribution in [0.1, 0.15) is 10.4 Å². The molecule has 28 heavy (non-hydrogen) atoms. The average Bonchev–Trinajstić information content (AvgIpc) is 3.23. The van der Waals surface area contributed by atoms with Crippen LogP contribution in [0.25, 0.3) is 0 Å². The maximum absolute atomic E-state index is 12.9. The number of carbonyl (C=O) groups is 3. The zero-order valence-electron chi connectivity index (χ0n) is 15.2. The number of nitrogens with zero attached hydrogens (tertiary/aromatic N) is 2. The van der Waals surface area contributed by atoms with Crippen molar-refractivity contribution < 1.29 is 18.8 Å². The first kappa shape index (κ1) is 20.0. The van der Waals surface area contributed by atoms with Crippen molar-refractivity contribution in [1.82, 2.24) is 15.1 Å². The molecular formula is C19H21FN4O3S. The highest BCUT2D eigenvalue weighted by atomic mass is 32.1. The quantitative estimate of drug-likeness (QED) is 0.763. The molecule has 1 aromatic carbocycles. The maximum Gasteiger partial charge on any atom is 0.252 e. The van der Waals surface area contributed by atoms with E-state index in [0.717, 1.165) is 0 Å². The van der Waals surface area contributed by atoms with Crippen molar-refractivity contribution in [2.45, 2.75) is 0 Å². The van der Waals surface area contributed by atoms with E-state index in [9.17, 15) is 18.8 Å². The van der Waals surface area contributed by atoms with Crippen molar-refractivity contribution >= 4 is 34.7 Å². The molecule has 0 bridgehead atoms. The Morgan fingerprint density at radius 1 is 1.04 bits per heavy atom. The van der Waals surface area contributed by atoms with E-state index in [1.807, 2.05) is 10.3 Å². The fourth-order valence-corrected chi connectivity index (χ4v) is 3.49. The SMILES string of the molecule is O=C(CN1CCN(C(=O)CNC(=O)c2ccsc2)CC1)Nc1ccc(F)cc1. The number of halogens is 1. The molecule has 1 aromatic heterocycles. The molecule has 0 saturated carbocycles. The summed E-state index contributed by atoms with van der Waals surface area (Å²) >= 11 is 1.43. The summed E-state index contributed by atoms with van der Waals surface area (Å²) in [6, 6.07) is 7.30. The Bertz CT molecular complexity index is 818. The molecule has 2 N–H and O–H groups in total. The number of carbonyl (C=O) groups excluding carboxylic acids is 3. The molecule has 1 fully saturated rings. The summed E-state index contributed by atoms with van der Waals surface area (Å²) in [5, 5.41) is 8.89. The summed E-state index contributed by atoms with van der Waals surface area (Å²) in [5.74, 6) is -0.940. The zero-order valence-corrected chi connectivity index (χ0v) is 16.0. The lowest BCUT2D eigenvalue weighted by molar-refractivity contribution is -0.132. The normalized spacial score (nSPS) is 14.5. The van der Waals surface area contributed by atoms with E-state index in [-0.39, 0.29) is 36.6 Å². The minimum atomic E-state index is -0.356. The Labute approximate surface area is 166 Å². The summed E-state index contributed by atoms with van der Waals surface area (Å²) in [5.41, 5.74) is 1.09. The predicted molar refractivity (Wildman–Crippen MR) is 105 cm³/mol. The van der Waals surface area contributed by atoms with Gasteiger partial charge in [0.1, 0.15) is 5.82 Å². The number of nitrogens with one attached hydrogen (secondary N) is 2. The van der Waals surface area contributed by atoms with Crippen molar-refractivity contribution in [2.75, 3.05) is 44.6 Å². The number of hydrogen-bond donors (Lipinski definition) is 2. The maximum atomic E-state index is 12.9. The molecule has 3 amide bonds. The molecule has 1 aliphatic rings. The molecule has 9 heteroatoms. The first-order valence-electron chi connectivity index (χ1n) is 8.87. The van der Waals surface area contributed by atoms with Gasteiger partial charge < -0.3 is 15.5 Å². The highest BCUT2D eigenvalue weighted by Gasteiger charge is 2.22. The highest BCUT2D eigenvalue weighted by molar-refractivity contribution is 7.08. The number of rotatable bonds is 6. The average molecular weight is 404 g/mol. The molecule has 0 atom stereocenters. The number of piperazine rings is 1. The predicted octanol–water partition coefficient (Wildman–Crippen LogP) is 1.40. The molecule has 0 unspecified atom stereocenters. The van der Waals surface area contributed by atoms with Crippen LogP contribution in [-0.2, 0) is 9.59 Å². The molecule has 2 heterocycles. The van der Waals surface area contributed by atoms with Crippen LogP contribution in [0.2, 0.25) is 0 Å². The topological polar surface area (TPSA) is 81.8 Å². The van der Waals surface area contributed by atoms with Crippen LogP contribution in [0.3, 0.4) is 0 Å². The van der Waals surface area contributed by atoms with Crippen molar-refractivity contribution in [3.63, 3.8) is 0 Å². The second-order valence-corrected chi connectivity index (χ2v) is 7.19. The monoisotopic (exact) mass is 404 g/mol. The van der Waals surface area contributed by atoms with Crippen LogP contribution in [0.4, 0.5) is 10.1 Å². The van der Waals surface area contributed by atoms with Gasteiger partial charge in [0.2, 0.25) is 11.8 Å². The smallest absolute Gasteiger partial charge is 0.252 e. The zero-order chi connectivity index (χ0) is 19.9. The van der Waals surface area contributed by atoms with Gasteiger partial charge in [0, 0.05) is 42.8 Å². The second-order valence-electron chi connectivity index (χ2n) is 6.41. The van der Waals surface area contributed by atoms with Crippen molar-refractivity contribution in [1.29, 1.82) is 0 Å². The number of thiophene rings is 1. The third-order valence-electron chi connectivity index (χ3n) is 4.40. The van der Waals surface area contributed by atoms with Gasteiger partial charge in [-0.3, -0.25) is 19.3 Å². The molecule has 3 rings (SSSR count).